The zero-order valence-electron chi connectivity index (χ0n) is 13.2. The Kier molecular flexibility index (Phi) is 3.65. The fourth-order valence-electron chi connectivity index (χ4n) is 2.74. The van der Waals surface area contributed by atoms with Gasteiger partial charge in [0.1, 0.15) is 5.54 Å². The molecule has 4 nitrogen and oxygen atoms in total. The summed E-state index contributed by atoms with van der Waals surface area (Å²) in [5.74, 6) is -0.249. The largest absolute Gasteiger partial charge is 0.336 e. The molecule has 3 amide bonds. The van der Waals surface area contributed by atoms with Gasteiger partial charge in [0.05, 0.1) is 5.69 Å². The van der Waals surface area contributed by atoms with Gasteiger partial charge in [-0.1, -0.05) is 29.3 Å². The molecule has 118 valence electrons. The Labute approximate surface area is 140 Å². The summed E-state index contributed by atoms with van der Waals surface area (Å²) in [6, 6.07) is 13.9. The van der Waals surface area contributed by atoms with Crippen molar-refractivity contribution in [2.45, 2.75) is 26.3 Å². The van der Waals surface area contributed by atoms with Crippen LogP contribution in [0.1, 0.15) is 19.4 Å². The van der Waals surface area contributed by atoms with Crippen molar-refractivity contribution in [2.75, 3.05) is 9.80 Å². The van der Waals surface area contributed by atoms with Gasteiger partial charge < -0.3 is 0 Å². The number of carbonyl (C=O) groups is 2. The summed E-state index contributed by atoms with van der Waals surface area (Å²) in [6.45, 7) is 5.45. The van der Waals surface area contributed by atoms with E-state index in [1.54, 1.807) is 50.2 Å². The van der Waals surface area contributed by atoms with E-state index in [2.05, 4.69) is 0 Å². The lowest BCUT2D eigenvalue weighted by Gasteiger charge is -2.27. The number of benzene rings is 2. The van der Waals surface area contributed by atoms with E-state index in [0.29, 0.717) is 16.4 Å². The molecule has 1 aliphatic heterocycles. The van der Waals surface area contributed by atoms with E-state index in [9.17, 15) is 9.59 Å². The van der Waals surface area contributed by atoms with Crippen LogP contribution in [0.4, 0.5) is 16.2 Å². The van der Waals surface area contributed by atoms with Crippen molar-refractivity contribution in [2.24, 2.45) is 0 Å². The first kappa shape index (κ1) is 15.6. The number of imide groups is 1. The molecule has 0 radical (unpaired) electrons. The molecular weight excluding hydrogens is 312 g/mol. The Bertz CT molecular complexity index is 767. The average Bonchev–Trinajstić information content (AvgIpc) is 2.68. The molecule has 23 heavy (non-hydrogen) atoms. The predicted molar refractivity (Wildman–Crippen MR) is 92.1 cm³/mol. The Hall–Kier alpha value is -2.33. The predicted octanol–water partition coefficient (Wildman–Crippen LogP) is 4.40. The van der Waals surface area contributed by atoms with E-state index in [1.165, 1.54) is 9.80 Å². The molecule has 0 atom stereocenters. The first-order chi connectivity index (χ1) is 10.8. The molecule has 0 saturated carbocycles. The highest BCUT2D eigenvalue weighted by Crippen LogP contribution is 2.36. The smallest absolute Gasteiger partial charge is 0.279 e. The van der Waals surface area contributed by atoms with Gasteiger partial charge in [0, 0.05) is 10.7 Å². The van der Waals surface area contributed by atoms with Crippen molar-refractivity contribution in [3.63, 3.8) is 0 Å². The molecular formula is C18H17ClN2O2. The van der Waals surface area contributed by atoms with Crippen LogP contribution in [-0.4, -0.2) is 17.5 Å². The zero-order chi connectivity index (χ0) is 16.8. The summed E-state index contributed by atoms with van der Waals surface area (Å²) >= 11 is 5.91. The standard InChI is InChI=1S/C18H17ClN2O2/c1-12-4-8-14(9-5-12)20-16(22)18(2,3)21(17(20)23)15-10-6-13(19)7-11-15/h4-11H,1-3H3. The zero-order valence-corrected chi connectivity index (χ0v) is 14.0. The Morgan fingerprint density at radius 3 is 1.96 bits per heavy atom. The SMILES string of the molecule is Cc1ccc(N2C(=O)N(c3ccc(Cl)cc3)C(C)(C)C2=O)cc1. The lowest BCUT2D eigenvalue weighted by molar-refractivity contribution is -0.120. The fourth-order valence-corrected chi connectivity index (χ4v) is 2.87. The van der Waals surface area contributed by atoms with Gasteiger partial charge in [0.15, 0.2) is 0 Å². The van der Waals surface area contributed by atoms with E-state index >= 15 is 0 Å². The fraction of sp³-hybridized carbons (Fsp3) is 0.222. The van der Waals surface area contributed by atoms with Crippen LogP contribution in [0.5, 0.6) is 0 Å². The molecule has 3 rings (SSSR count). The topological polar surface area (TPSA) is 40.6 Å². The van der Waals surface area contributed by atoms with Gasteiger partial charge in [-0.25, -0.2) is 9.69 Å². The van der Waals surface area contributed by atoms with Crippen LogP contribution in [0.2, 0.25) is 5.02 Å². The molecule has 1 aliphatic rings. The summed E-state index contributed by atoms with van der Waals surface area (Å²) in [4.78, 5) is 28.4. The second-order valence-electron chi connectivity index (χ2n) is 6.13. The molecule has 1 saturated heterocycles. The van der Waals surface area contributed by atoms with Gasteiger partial charge in [0.25, 0.3) is 5.91 Å². The quantitative estimate of drug-likeness (QED) is 0.767. The lowest BCUT2D eigenvalue weighted by atomic mass is 10.0. The number of nitrogens with zero attached hydrogens (tertiary/aromatic N) is 2. The third-order valence-corrected chi connectivity index (χ3v) is 4.30. The summed E-state index contributed by atoms with van der Waals surface area (Å²) in [5.41, 5.74) is 1.33. The summed E-state index contributed by atoms with van der Waals surface area (Å²) < 4.78 is 0. The highest BCUT2D eigenvalue weighted by molar-refractivity contribution is 6.31. The number of aryl methyl sites for hydroxylation is 1. The Balaban J connectivity index is 2.05. The van der Waals surface area contributed by atoms with Crippen molar-refractivity contribution in [3.05, 3.63) is 59.1 Å². The highest BCUT2D eigenvalue weighted by Gasteiger charge is 2.52. The number of anilines is 2. The maximum Gasteiger partial charge on any atom is 0.336 e. The normalized spacial score (nSPS) is 17.0. The van der Waals surface area contributed by atoms with Crippen molar-refractivity contribution >= 4 is 34.9 Å². The number of rotatable bonds is 2. The third-order valence-electron chi connectivity index (χ3n) is 4.05. The number of urea groups is 1. The van der Waals surface area contributed by atoms with Gasteiger partial charge in [-0.3, -0.25) is 9.69 Å². The molecule has 2 aromatic rings. The van der Waals surface area contributed by atoms with Crippen LogP contribution < -0.4 is 9.80 Å². The number of hydrogen-bond donors (Lipinski definition) is 0. The molecule has 0 unspecified atom stereocenters. The summed E-state index contributed by atoms with van der Waals surface area (Å²) in [5, 5.41) is 0.583. The highest BCUT2D eigenvalue weighted by atomic mass is 35.5. The number of amides is 3. The monoisotopic (exact) mass is 328 g/mol. The van der Waals surface area contributed by atoms with E-state index in [-0.39, 0.29) is 11.9 Å². The number of halogens is 1. The minimum Gasteiger partial charge on any atom is -0.279 e. The summed E-state index contributed by atoms with van der Waals surface area (Å²) in [6.07, 6.45) is 0. The second-order valence-corrected chi connectivity index (χ2v) is 6.57. The molecule has 1 heterocycles. The molecule has 2 aromatic carbocycles. The van der Waals surface area contributed by atoms with Gasteiger partial charge in [-0.2, -0.15) is 0 Å². The van der Waals surface area contributed by atoms with Crippen LogP contribution in [0.25, 0.3) is 0 Å². The molecule has 0 aliphatic carbocycles. The van der Waals surface area contributed by atoms with E-state index in [1.807, 2.05) is 19.1 Å². The van der Waals surface area contributed by atoms with E-state index < -0.39 is 5.54 Å². The number of carbonyl (C=O) groups excluding carboxylic acids is 2. The summed E-state index contributed by atoms with van der Waals surface area (Å²) in [7, 11) is 0. The van der Waals surface area contributed by atoms with Crippen molar-refractivity contribution in [1.82, 2.24) is 0 Å². The van der Waals surface area contributed by atoms with E-state index in [0.717, 1.165) is 5.56 Å². The van der Waals surface area contributed by atoms with Crippen LogP contribution >= 0.6 is 11.6 Å². The van der Waals surface area contributed by atoms with Gasteiger partial charge in [-0.15, -0.1) is 0 Å². The maximum absolute atomic E-state index is 12.9. The van der Waals surface area contributed by atoms with Crippen molar-refractivity contribution in [3.8, 4) is 0 Å². The molecule has 0 aromatic heterocycles. The van der Waals surface area contributed by atoms with Crippen LogP contribution in [0.15, 0.2) is 48.5 Å². The Morgan fingerprint density at radius 1 is 0.870 bits per heavy atom. The second kappa shape index (κ2) is 5.39. The van der Waals surface area contributed by atoms with Gasteiger partial charge in [0.2, 0.25) is 0 Å². The number of hydrogen-bond acceptors (Lipinski definition) is 2. The van der Waals surface area contributed by atoms with Crippen LogP contribution in [-0.2, 0) is 4.79 Å². The third kappa shape index (κ3) is 2.49. The first-order valence-electron chi connectivity index (χ1n) is 7.33. The Morgan fingerprint density at radius 2 is 1.39 bits per heavy atom. The van der Waals surface area contributed by atoms with Crippen LogP contribution in [0, 0.1) is 6.92 Å². The van der Waals surface area contributed by atoms with E-state index in [4.69, 9.17) is 11.6 Å². The van der Waals surface area contributed by atoms with Gasteiger partial charge >= 0.3 is 6.03 Å². The van der Waals surface area contributed by atoms with Crippen LogP contribution in [0.3, 0.4) is 0 Å². The maximum atomic E-state index is 12.9. The average molecular weight is 329 g/mol. The minimum absolute atomic E-state index is 0.249. The minimum atomic E-state index is -0.963. The van der Waals surface area contributed by atoms with Crippen molar-refractivity contribution < 1.29 is 9.59 Å². The van der Waals surface area contributed by atoms with Gasteiger partial charge in [-0.05, 0) is 57.2 Å². The molecule has 0 spiro atoms. The molecule has 0 N–H and O–H groups in total. The molecule has 0 bridgehead atoms. The molecule has 1 fully saturated rings. The first-order valence-corrected chi connectivity index (χ1v) is 7.71. The molecule has 5 heteroatoms. The van der Waals surface area contributed by atoms with Crippen molar-refractivity contribution in [1.29, 1.82) is 0 Å². The lowest BCUT2D eigenvalue weighted by Crippen LogP contribution is -2.44.